The van der Waals surface area contributed by atoms with Gasteiger partial charge in [-0.2, -0.15) is 0 Å². The zero-order chi connectivity index (χ0) is 26.8. The van der Waals surface area contributed by atoms with E-state index in [0.717, 1.165) is 41.9 Å². The number of rotatable bonds is 8. The Hall–Kier alpha value is -4.17. The Morgan fingerprint density at radius 2 is 1.79 bits per heavy atom. The van der Waals surface area contributed by atoms with Crippen LogP contribution in [0, 0.1) is 0 Å². The first kappa shape index (κ1) is 25.1. The van der Waals surface area contributed by atoms with Gasteiger partial charge < -0.3 is 9.64 Å². The molecule has 0 N–H and O–H groups in total. The average Bonchev–Trinajstić information content (AvgIpc) is 3.77. The number of hydrogen-bond acceptors (Lipinski definition) is 5. The average molecular weight is 524 g/mol. The fraction of sp³-hybridized carbons (Fsp3) is 0.323. The van der Waals surface area contributed by atoms with Crippen LogP contribution in [0.25, 0.3) is 16.7 Å². The number of hydrogen-bond donors (Lipinski definition) is 0. The molecule has 1 aliphatic carbocycles. The number of ether oxygens (including phenoxy) is 1. The predicted molar refractivity (Wildman–Crippen MR) is 151 cm³/mol. The van der Waals surface area contributed by atoms with E-state index in [1.165, 1.54) is 12.8 Å². The summed E-state index contributed by atoms with van der Waals surface area (Å²) in [6, 6.07) is 19.5. The van der Waals surface area contributed by atoms with Crippen molar-refractivity contribution in [2.24, 2.45) is 0 Å². The van der Waals surface area contributed by atoms with Crippen molar-refractivity contribution in [1.29, 1.82) is 0 Å². The molecule has 39 heavy (non-hydrogen) atoms. The SMILES string of the molecule is CN(C/C=C/C(=O)N1CCC[C@@H](n2c(=O)n(-c3ccc(Oc4ccccc4)cc3)c3cnccc32)C1)C1CC1. The fourth-order valence-electron chi connectivity index (χ4n) is 5.41. The summed E-state index contributed by atoms with van der Waals surface area (Å²) >= 11 is 0. The van der Waals surface area contributed by atoms with Crippen LogP contribution in [0.3, 0.4) is 0 Å². The molecule has 8 nitrogen and oxygen atoms in total. The van der Waals surface area contributed by atoms with Crippen molar-refractivity contribution in [1.82, 2.24) is 23.9 Å². The Kier molecular flexibility index (Phi) is 7.02. The summed E-state index contributed by atoms with van der Waals surface area (Å²) in [6.07, 6.45) is 11.3. The minimum atomic E-state index is -0.129. The Balaban J connectivity index is 1.24. The number of aromatic nitrogens is 3. The van der Waals surface area contributed by atoms with Gasteiger partial charge in [-0.15, -0.1) is 0 Å². The van der Waals surface area contributed by atoms with Crippen LogP contribution in [0.15, 0.2) is 90.0 Å². The Morgan fingerprint density at radius 1 is 1.03 bits per heavy atom. The molecule has 2 aromatic carbocycles. The first-order valence-electron chi connectivity index (χ1n) is 13.6. The molecule has 2 aliphatic rings. The van der Waals surface area contributed by atoms with Crippen LogP contribution in [-0.2, 0) is 4.79 Å². The number of piperidine rings is 1. The normalized spacial score (nSPS) is 17.8. The lowest BCUT2D eigenvalue weighted by atomic mass is 10.1. The van der Waals surface area contributed by atoms with Gasteiger partial charge in [-0.3, -0.25) is 23.8 Å². The van der Waals surface area contributed by atoms with Crippen molar-refractivity contribution in [3.8, 4) is 17.2 Å². The van der Waals surface area contributed by atoms with Crippen LogP contribution < -0.4 is 10.4 Å². The zero-order valence-electron chi connectivity index (χ0n) is 22.1. The van der Waals surface area contributed by atoms with Crippen LogP contribution in [-0.4, -0.2) is 62.5 Å². The summed E-state index contributed by atoms with van der Waals surface area (Å²) in [5, 5.41) is 0. The second kappa shape index (κ2) is 10.9. The predicted octanol–water partition coefficient (Wildman–Crippen LogP) is 4.79. The van der Waals surface area contributed by atoms with E-state index in [-0.39, 0.29) is 17.6 Å². The number of likely N-dealkylation sites (tertiary alicyclic amines) is 1. The Bertz CT molecular complexity index is 1540. The van der Waals surface area contributed by atoms with Crippen molar-refractivity contribution in [3.63, 3.8) is 0 Å². The van der Waals surface area contributed by atoms with Crippen LogP contribution in [0.2, 0.25) is 0 Å². The van der Waals surface area contributed by atoms with E-state index >= 15 is 0 Å². The fourth-order valence-corrected chi connectivity index (χ4v) is 5.41. The van der Waals surface area contributed by atoms with Gasteiger partial charge in [0.25, 0.3) is 0 Å². The largest absolute Gasteiger partial charge is 0.457 e. The van der Waals surface area contributed by atoms with Gasteiger partial charge in [0.05, 0.1) is 29.0 Å². The van der Waals surface area contributed by atoms with Gasteiger partial charge in [0.1, 0.15) is 11.5 Å². The maximum Gasteiger partial charge on any atom is 0.334 e. The summed E-state index contributed by atoms with van der Waals surface area (Å²) in [5.74, 6) is 1.46. The third kappa shape index (κ3) is 5.38. The maximum absolute atomic E-state index is 13.9. The van der Waals surface area contributed by atoms with Gasteiger partial charge in [0.2, 0.25) is 5.91 Å². The second-order valence-electron chi connectivity index (χ2n) is 10.4. The number of likely N-dealkylation sites (N-methyl/N-ethyl adjacent to an activating group) is 1. The lowest BCUT2D eigenvalue weighted by Gasteiger charge is -2.32. The molecule has 0 unspecified atom stereocenters. The van der Waals surface area contributed by atoms with Crippen molar-refractivity contribution in [2.45, 2.75) is 37.8 Å². The summed E-state index contributed by atoms with van der Waals surface area (Å²) < 4.78 is 9.47. The van der Waals surface area contributed by atoms with Crippen molar-refractivity contribution in [3.05, 3.63) is 95.7 Å². The maximum atomic E-state index is 13.9. The van der Waals surface area contributed by atoms with E-state index in [2.05, 4.69) is 16.9 Å². The van der Waals surface area contributed by atoms with Crippen LogP contribution in [0.5, 0.6) is 11.5 Å². The van der Waals surface area contributed by atoms with Crippen LogP contribution >= 0.6 is 0 Å². The highest BCUT2D eigenvalue weighted by Crippen LogP contribution is 2.28. The molecule has 4 aromatic rings. The van der Waals surface area contributed by atoms with Crippen molar-refractivity contribution in [2.75, 3.05) is 26.7 Å². The molecular formula is C31H33N5O3. The second-order valence-corrected chi connectivity index (χ2v) is 10.4. The lowest BCUT2D eigenvalue weighted by Crippen LogP contribution is -2.42. The molecule has 200 valence electrons. The summed E-state index contributed by atoms with van der Waals surface area (Å²) in [7, 11) is 2.10. The highest BCUT2D eigenvalue weighted by molar-refractivity contribution is 5.87. The number of fused-ring (bicyclic) bond motifs is 1. The number of para-hydroxylation sites is 1. The number of carbonyl (C=O) groups excluding carboxylic acids is 1. The smallest absolute Gasteiger partial charge is 0.334 e. The number of nitrogens with zero attached hydrogens (tertiary/aromatic N) is 5. The Labute approximate surface area is 227 Å². The van der Waals surface area contributed by atoms with E-state index in [4.69, 9.17) is 4.74 Å². The molecule has 1 aliphatic heterocycles. The lowest BCUT2D eigenvalue weighted by molar-refractivity contribution is -0.127. The van der Waals surface area contributed by atoms with Crippen LogP contribution in [0.1, 0.15) is 31.7 Å². The molecule has 0 radical (unpaired) electrons. The molecule has 1 atom stereocenters. The minimum Gasteiger partial charge on any atom is -0.457 e. The van der Waals surface area contributed by atoms with Crippen molar-refractivity contribution < 1.29 is 9.53 Å². The Morgan fingerprint density at radius 3 is 2.56 bits per heavy atom. The number of imidazole rings is 1. The number of carbonyl (C=O) groups is 1. The topological polar surface area (TPSA) is 72.6 Å². The third-order valence-corrected chi connectivity index (χ3v) is 7.65. The quantitative estimate of drug-likeness (QED) is 0.311. The van der Waals surface area contributed by atoms with E-state index in [1.54, 1.807) is 23.0 Å². The zero-order valence-corrected chi connectivity index (χ0v) is 22.1. The minimum absolute atomic E-state index is 0.0105. The van der Waals surface area contributed by atoms with Crippen molar-refractivity contribution >= 4 is 16.9 Å². The van der Waals surface area contributed by atoms with Gasteiger partial charge in [-0.1, -0.05) is 24.3 Å². The molecule has 1 saturated carbocycles. The number of amides is 1. The molecular weight excluding hydrogens is 490 g/mol. The van der Waals surface area contributed by atoms with Crippen LogP contribution in [0.4, 0.5) is 0 Å². The van der Waals surface area contributed by atoms with Gasteiger partial charge in [0, 0.05) is 37.9 Å². The molecule has 1 saturated heterocycles. The van der Waals surface area contributed by atoms with E-state index in [0.29, 0.717) is 24.9 Å². The third-order valence-electron chi connectivity index (χ3n) is 7.65. The molecule has 2 fully saturated rings. The van der Waals surface area contributed by atoms with Gasteiger partial charge >= 0.3 is 5.69 Å². The molecule has 0 bridgehead atoms. The molecule has 6 rings (SSSR count). The van der Waals surface area contributed by atoms with Gasteiger partial charge in [-0.25, -0.2) is 4.79 Å². The summed E-state index contributed by atoms with van der Waals surface area (Å²) in [4.78, 5) is 35.3. The standard InChI is InChI=1S/C31H33N5O3/c1-33(23-11-12-23)19-6-10-30(37)34-20-5-7-25(22-34)36-28-17-18-32-21-29(28)35(31(36)38)24-13-15-27(16-14-24)39-26-8-3-2-4-9-26/h2-4,6,8-10,13-18,21,23,25H,5,7,11-12,19-20,22H2,1H3/b10-6+/t25-/m1/s1. The monoisotopic (exact) mass is 523 g/mol. The number of pyridine rings is 1. The first-order valence-corrected chi connectivity index (χ1v) is 13.6. The molecule has 0 spiro atoms. The number of benzene rings is 2. The van der Waals surface area contributed by atoms with Gasteiger partial charge in [-0.05, 0) is 75.2 Å². The van der Waals surface area contributed by atoms with E-state index in [9.17, 15) is 9.59 Å². The molecule has 2 aromatic heterocycles. The summed E-state index contributed by atoms with van der Waals surface area (Å²) in [6.45, 7) is 1.99. The molecule has 8 heteroatoms. The highest BCUT2D eigenvalue weighted by atomic mass is 16.5. The molecule has 1 amide bonds. The molecule has 3 heterocycles. The van der Waals surface area contributed by atoms with Gasteiger partial charge in [0.15, 0.2) is 0 Å². The highest BCUT2D eigenvalue weighted by Gasteiger charge is 2.28. The van der Waals surface area contributed by atoms with E-state index < -0.39 is 0 Å². The first-order chi connectivity index (χ1) is 19.1. The van der Waals surface area contributed by atoms with E-state index in [1.807, 2.05) is 76.2 Å². The summed E-state index contributed by atoms with van der Waals surface area (Å²) in [5.41, 5.74) is 2.17.